The van der Waals surface area contributed by atoms with E-state index in [0.29, 0.717) is 0 Å². The number of carboxylic acids is 1. The van der Waals surface area contributed by atoms with Crippen LogP contribution in [0.4, 0.5) is 0 Å². The number of likely N-dealkylation sites (N-methyl/N-ethyl adjacent to an activating group) is 1. The van der Waals surface area contributed by atoms with Gasteiger partial charge in [0.05, 0.1) is 10.9 Å². The van der Waals surface area contributed by atoms with Crippen LogP contribution in [0.2, 0.25) is 0 Å². The molecule has 9 heteroatoms. The normalized spacial score (nSPS) is 13.4. The highest BCUT2D eigenvalue weighted by Crippen LogP contribution is 2.24. The lowest BCUT2D eigenvalue weighted by Crippen LogP contribution is -2.34. The van der Waals surface area contributed by atoms with Crippen LogP contribution in [0.1, 0.15) is 20.6 Å². The van der Waals surface area contributed by atoms with Crippen molar-refractivity contribution in [1.29, 1.82) is 0 Å². The van der Waals surface area contributed by atoms with Crippen molar-refractivity contribution < 1.29 is 18.3 Å². The summed E-state index contributed by atoms with van der Waals surface area (Å²) < 4.78 is 27.1. The molecule has 0 spiro atoms. The molecule has 0 saturated heterocycles. The summed E-state index contributed by atoms with van der Waals surface area (Å²) in [5, 5.41) is 12.1. The number of aromatic carboxylic acids is 1. The second-order valence-electron chi connectivity index (χ2n) is 4.80. The molecule has 0 amide bonds. The summed E-state index contributed by atoms with van der Waals surface area (Å²) in [4.78, 5) is 13.8. The minimum absolute atomic E-state index is 0.00258. The predicted octanol–water partition coefficient (Wildman–Crippen LogP) is 2.09. The van der Waals surface area contributed by atoms with Crippen molar-refractivity contribution >= 4 is 38.7 Å². The summed E-state index contributed by atoms with van der Waals surface area (Å²) in [6.45, 7) is 0.216. The number of sulfonamides is 1. The second kappa shape index (κ2) is 6.88. The van der Waals surface area contributed by atoms with Gasteiger partial charge < -0.3 is 10.0 Å². The van der Waals surface area contributed by atoms with E-state index < -0.39 is 16.0 Å². The Hall–Kier alpha value is -1.26. The molecular formula is C13H16N2O4S3. The summed E-state index contributed by atoms with van der Waals surface area (Å²) in [6.07, 6.45) is 0. The van der Waals surface area contributed by atoms with Crippen LogP contribution in [0, 0.1) is 0 Å². The molecule has 2 heterocycles. The molecule has 120 valence electrons. The zero-order valence-electron chi connectivity index (χ0n) is 12.0. The average molecular weight is 360 g/mol. The highest BCUT2D eigenvalue weighted by Gasteiger charge is 2.22. The van der Waals surface area contributed by atoms with Gasteiger partial charge in [-0.15, -0.1) is 22.7 Å². The first kappa shape index (κ1) is 17.1. The molecule has 1 unspecified atom stereocenters. The van der Waals surface area contributed by atoms with Gasteiger partial charge in [-0.1, -0.05) is 6.07 Å². The molecule has 0 aromatic carbocycles. The Morgan fingerprint density at radius 2 is 2.14 bits per heavy atom. The topological polar surface area (TPSA) is 86.7 Å². The van der Waals surface area contributed by atoms with Gasteiger partial charge in [0.1, 0.15) is 4.88 Å². The number of hydrogen-bond donors (Lipinski definition) is 2. The van der Waals surface area contributed by atoms with Crippen molar-refractivity contribution in [2.75, 3.05) is 20.6 Å². The summed E-state index contributed by atoms with van der Waals surface area (Å²) >= 11 is 2.46. The molecule has 0 bridgehead atoms. The maximum atomic E-state index is 12.3. The smallest absolute Gasteiger partial charge is 0.345 e. The molecule has 0 radical (unpaired) electrons. The predicted molar refractivity (Wildman–Crippen MR) is 87.2 cm³/mol. The minimum atomic E-state index is -3.72. The summed E-state index contributed by atoms with van der Waals surface area (Å²) in [7, 11) is 0.0440. The van der Waals surface area contributed by atoms with Gasteiger partial charge in [-0.25, -0.2) is 17.9 Å². The summed E-state index contributed by atoms with van der Waals surface area (Å²) in [5.74, 6) is -1.13. The van der Waals surface area contributed by atoms with E-state index in [2.05, 4.69) is 4.72 Å². The number of nitrogens with zero attached hydrogens (tertiary/aromatic N) is 1. The van der Waals surface area contributed by atoms with E-state index in [0.717, 1.165) is 16.2 Å². The molecule has 2 aromatic heterocycles. The number of nitrogens with one attached hydrogen (secondary N) is 1. The number of carboxylic acid groups (broad SMARTS) is 1. The Morgan fingerprint density at radius 1 is 1.41 bits per heavy atom. The van der Waals surface area contributed by atoms with Crippen LogP contribution in [-0.2, 0) is 10.0 Å². The molecular weight excluding hydrogens is 344 g/mol. The summed E-state index contributed by atoms with van der Waals surface area (Å²) in [6, 6.07) is 4.97. The van der Waals surface area contributed by atoms with Gasteiger partial charge in [0.15, 0.2) is 0 Å². The lowest BCUT2D eigenvalue weighted by Gasteiger charge is -2.23. The second-order valence-corrected chi connectivity index (χ2v) is 8.46. The first-order chi connectivity index (χ1) is 10.3. The Morgan fingerprint density at radius 3 is 2.64 bits per heavy atom. The molecule has 0 fully saturated rings. The summed E-state index contributed by atoms with van der Waals surface area (Å²) in [5.41, 5.74) is 0. The molecule has 22 heavy (non-hydrogen) atoms. The van der Waals surface area contributed by atoms with E-state index >= 15 is 0 Å². The third-order valence-electron chi connectivity index (χ3n) is 3.06. The number of carbonyl (C=O) groups is 1. The van der Waals surface area contributed by atoms with Crippen molar-refractivity contribution in [3.63, 3.8) is 0 Å². The first-order valence-electron chi connectivity index (χ1n) is 6.32. The van der Waals surface area contributed by atoms with Gasteiger partial charge in [0.2, 0.25) is 10.0 Å². The zero-order valence-corrected chi connectivity index (χ0v) is 14.5. The highest BCUT2D eigenvalue weighted by molar-refractivity contribution is 7.89. The van der Waals surface area contributed by atoms with Gasteiger partial charge in [0, 0.05) is 16.8 Å². The van der Waals surface area contributed by atoms with Crippen LogP contribution in [0.5, 0.6) is 0 Å². The van der Waals surface area contributed by atoms with E-state index in [1.54, 1.807) is 11.3 Å². The Bertz CT molecular complexity index is 735. The monoisotopic (exact) mass is 360 g/mol. The van der Waals surface area contributed by atoms with Gasteiger partial charge in [-0.2, -0.15) is 0 Å². The SMILES string of the molecule is CN(C)C(CNS(=O)(=O)c1csc(C(=O)O)c1)c1cccs1. The molecule has 0 aliphatic heterocycles. The van der Waals surface area contributed by atoms with Crippen LogP contribution in [0.3, 0.4) is 0 Å². The lowest BCUT2D eigenvalue weighted by molar-refractivity contribution is 0.0702. The van der Waals surface area contributed by atoms with E-state index in [1.165, 1.54) is 11.4 Å². The molecule has 0 saturated carbocycles. The fourth-order valence-electron chi connectivity index (χ4n) is 1.86. The Kier molecular flexibility index (Phi) is 5.35. The molecule has 0 aliphatic rings. The van der Waals surface area contributed by atoms with Gasteiger partial charge in [-0.05, 0) is 31.6 Å². The minimum Gasteiger partial charge on any atom is -0.477 e. The molecule has 2 N–H and O–H groups in total. The van der Waals surface area contributed by atoms with Crippen LogP contribution in [0.15, 0.2) is 33.9 Å². The van der Waals surface area contributed by atoms with E-state index in [9.17, 15) is 13.2 Å². The van der Waals surface area contributed by atoms with E-state index in [4.69, 9.17) is 5.11 Å². The maximum Gasteiger partial charge on any atom is 0.345 e. The number of hydrogen-bond acceptors (Lipinski definition) is 6. The number of rotatable bonds is 7. The molecule has 2 rings (SSSR count). The molecule has 1 atom stereocenters. The maximum absolute atomic E-state index is 12.3. The van der Waals surface area contributed by atoms with Crippen LogP contribution in [0.25, 0.3) is 0 Å². The molecule has 2 aromatic rings. The Balaban J connectivity index is 2.12. The third kappa shape index (κ3) is 3.93. The van der Waals surface area contributed by atoms with Crippen molar-refractivity contribution in [3.05, 3.63) is 38.7 Å². The number of thiophene rings is 2. The van der Waals surface area contributed by atoms with E-state index in [1.807, 2.05) is 36.5 Å². The fraction of sp³-hybridized carbons (Fsp3) is 0.308. The highest BCUT2D eigenvalue weighted by atomic mass is 32.2. The largest absolute Gasteiger partial charge is 0.477 e. The van der Waals surface area contributed by atoms with Crippen molar-refractivity contribution in [3.8, 4) is 0 Å². The first-order valence-corrected chi connectivity index (χ1v) is 9.57. The molecule has 0 aliphatic carbocycles. The van der Waals surface area contributed by atoms with Crippen molar-refractivity contribution in [2.45, 2.75) is 10.9 Å². The average Bonchev–Trinajstić information content (AvgIpc) is 3.10. The molecule has 6 nitrogen and oxygen atoms in total. The van der Waals surface area contributed by atoms with Crippen molar-refractivity contribution in [2.24, 2.45) is 0 Å². The van der Waals surface area contributed by atoms with E-state index in [-0.39, 0.29) is 22.4 Å². The van der Waals surface area contributed by atoms with Crippen LogP contribution < -0.4 is 4.72 Å². The van der Waals surface area contributed by atoms with Crippen LogP contribution >= 0.6 is 22.7 Å². The third-order valence-corrected chi connectivity index (χ3v) is 6.50. The van der Waals surface area contributed by atoms with Crippen LogP contribution in [-0.4, -0.2) is 45.0 Å². The quantitative estimate of drug-likeness (QED) is 0.789. The van der Waals surface area contributed by atoms with Gasteiger partial charge >= 0.3 is 5.97 Å². The van der Waals surface area contributed by atoms with Gasteiger partial charge in [0.25, 0.3) is 0 Å². The van der Waals surface area contributed by atoms with Crippen molar-refractivity contribution in [1.82, 2.24) is 9.62 Å². The fourth-order valence-corrected chi connectivity index (χ4v) is 4.93. The van der Waals surface area contributed by atoms with Gasteiger partial charge in [-0.3, -0.25) is 0 Å². The standard InChI is InChI=1S/C13H16N2O4S3/c1-15(2)10(11-4-3-5-20-11)7-14-22(18,19)9-6-12(13(16)17)21-8-9/h3-6,8,10,14H,7H2,1-2H3,(H,16,17). The Labute approximate surface area is 137 Å². The zero-order chi connectivity index (χ0) is 16.3. The lowest BCUT2D eigenvalue weighted by atomic mass is 10.2.